The zero-order valence-corrected chi connectivity index (χ0v) is 11.1. The van der Waals surface area contributed by atoms with Crippen molar-refractivity contribution in [2.24, 2.45) is 0 Å². The third kappa shape index (κ3) is 2.35. The Balaban J connectivity index is 2.14. The number of fused-ring (bicyclic) bond motifs is 1. The van der Waals surface area contributed by atoms with Gasteiger partial charge in [0.15, 0.2) is 5.82 Å². The Hall–Kier alpha value is -2.69. The van der Waals surface area contributed by atoms with Crippen LogP contribution in [0.25, 0.3) is 21.7 Å². The number of aromatic nitrogens is 3. The molecule has 3 aromatic rings. The normalized spacial score (nSPS) is 12.0. The summed E-state index contributed by atoms with van der Waals surface area (Å²) < 4.78 is 41.6. The van der Waals surface area contributed by atoms with E-state index < -0.39 is 23.6 Å². The lowest BCUT2D eigenvalue weighted by atomic mass is 10.3. The molecule has 0 aliphatic carbocycles. The molecule has 3 heterocycles. The molecule has 3 aromatic heterocycles. The number of carbonyl (C=O) groups is 1. The van der Waals surface area contributed by atoms with Gasteiger partial charge < -0.3 is 14.5 Å². The minimum absolute atomic E-state index is 0.0534. The standard InChI is InChI=1S/C11H4F3N3O4S/c12-11(13,14)10-16-4(2-21-10)7-15-3-1-5(9(19)20)22-6(3)8(18)17-7/h1-2H,(H,19,20)(H,15,17,18). The molecular weight excluding hydrogens is 327 g/mol. The zero-order chi connectivity index (χ0) is 16.1. The van der Waals surface area contributed by atoms with Gasteiger partial charge in [0.25, 0.3) is 5.56 Å². The molecule has 3 rings (SSSR count). The first-order chi connectivity index (χ1) is 10.3. The molecule has 22 heavy (non-hydrogen) atoms. The number of carboxylic acids is 1. The summed E-state index contributed by atoms with van der Waals surface area (Å²) in [5, 5.41) is 8.87. The van der Waals surface area contributed by atoms with Gasteiger partial charge in [0.1, 0.15) is 21.5 Å². The summed E-state index contributed by atoms with van der Waals surface area (Å²) in [5.74, 6) is -2.95. The first-order valence-electron chi connectivity index (χ1n) is 5.56. The van der Waals surface area contributed by atoms with E-state index in [1.54, 1.807) is 0 Å². The smallest absolute Gasteiger partial charge is 0.468 e. The molecule has 7 nitrogen and oxygen atoms in total. The molecule has 0 saturated carbocycles. The maximum Gasteiger partial charge on any atom is 0.468 e. The minimum Gasteiger partial charge on any atom is -0.477 e. The van der Waals surface area contributed by atoms with Crippen molar-refractivity contribution in [3.63, 3.8) is 0 Å². The number of carboxylic acid groups (broad SMARTS) is 1. The molecule has 0 aromatic carbocycles. The van der Waals surface area contributed by atoms with Gasteiger partial charge in [-0.2, -0.15) is 13.2 Å². The number of hydrogen-bond acceptors (Lipinski definition) is 6. The summed E-state index contributed by atoms with van der Waals surface area (Å²) in [4.78, 5) is 32.0. The van der Waals surface area contributed by atoms with Crippen LogP contribution in [0.5, 0.6) is 0 Å². The molecule has 0 fully saturated rings. The lowest BCUT2D eigenvalue weighted by Gasteiger charge is -1.98. The quantitative estimate of drug-likeness (QED) is 0.746. The Kier molecular flexibility index (Phi) is 3.02. The van der Waals surface area contributed by atoms with Gasteiger partial charge in [-0.3, -0.25) is 4.79 Å². The number of nitrogens with one attached hydrogen (secondary N) is 1. The molecule has 0 bridgehead atoms. The third-order valence-electron chi connectivity index (χ3n) is 2.58. The van der Waals surface area contributed by atoms with Crippen LogP contribution in [-0.2, 0) is 6.18 Å². The van der Waals surface area contributed by atoms with Crippen molar-refractivity contribution in [3.05, 3.63) is 33.5 Å². The monoisotopic (exact) mass is 331 g/mol. The average Bonchev–Trinajstić information content (AvgIpc) is 3.04. The van der Waals surface area contributed by atoms with Gasteiger partial charge >= 0.3 is 18.0 Å². The fraction of sp³-hybridized carbons (Fsp3) is 0.0909. The number of H-pyrrole nitrogens is 1. The first-order valence-corrected chi connectivity index (χ1v) is 6.37. The topological polar surface area (TPSA) is 109 Å². The van der Waals surface area contributed by atoms with Gasteiger partial charge in [-0.15, -0.1) is 11.3 Å². The van der Waals surface area contributed by atoms with E-state index in [2.05, 4.69) is 19.4 Å². The number of aromatic amines is 1. The number of aromatic carboxylic acids is 1. The highest BCUT2D eigenvalue weighted by atomic mass is 32.1. The zero-order valence-electron chi connectivity index (χ0n) is 10.3. The van der Waals surface area contributed by atoms with E-state index in [9.17, 15) is 22.8 Å². The van der Waals surface area contributed by atoms with Gasteiger partial charge in [-0.25, -0.2) is 14.8 Å². The van der Waals surface area contributed by atoms with Crippen LogP contribution in [0.3, 0.4) is 0 Å². The number of nitrogens with zero attached hydrogens (tertiary/aromatic N) is 2. The maximum absolute atomic E-state index is 12.4. The molecule has 114 valence electrons. The second-order valence-electron chi connectivity index (χ2n) is 4.08. The predicted molar refractivity (Wildman–Crippen MR) is 67.7 cm³/mol. The summed E-state index contributed by atoms with van der Waals surface area (Å²) in [5.41, 5.74) is -0.929. The second-order valence-corrected chi connectivity index (χ2v) is 5.13. The van der Waals surface area contributed by atoms with Crippen molar-refractivity contribution in [3.8, 4) is 11.5 Å². The van der Waals surface area contributed by atoms with Crippen molar-refractivity contribution >= 4 is 27.5 Å². The number of halogens is 3. The molecule has 0 aliphatic heterocycles. The van der Waals surface area contributed by atoms with Crippen molar-refractivity contribution in [2.45, 2.75) is 6.18 Å². The highest BCUT2D eigenvalue weighted by molar-refractivity contribution is 7.20. The summed E-state index contributed by atoms with van der Waals surface area (Å²) in [6, 6.07) is 1.16. The third-order valence-corrected chi connectivity index (χ3v) is 3.69. The van der Waals surface area contributed by atoms with Crippen molar-refractivity contribution in [1.29, 1.82) is 0 Å². The van der Waals surface area contributed by atoms with Gasteiger partial charge in [0.2, 0.25) is 0 Å². The SMILES string of the molecule is O=C(O)c1cc2nc(-c3coc(C(F)(F)F)n3)[nH]c(=O)c2s1. The number of oxazole rings is 1. The Labute approximate surface area is 122 Å². The van der Waals surface area contributed by atoms with E-state index in [1.807, 2.05) is 0 Å². The van der Waals surface area contributed by atoms with Crippen LogP contribution in [0.1, 0.15) is 15.6 Å². The van der Waals surface area contributed by atoms with Crippen molar-refractivity contribution < 1.29 is 27.5 Å². The number of thiophene rings is 1. The van der Waals surface area contributed by atoms with Crippen molar-refractivity contribution in [2.75, 3.05) is 0 Å². The van der Waals surface area contributed by atoms with Gasteiger partial charge in [0.05, 0.1) is 5.52 Å². The minimum atomic E-state index is -4.76. The van der Waals surface area contributed by atoms with E-state index in [0.29, 0.717) is 17.6 Å². The molecular formula is C11H4F3N3O4S. The number of alkyl halides is 3. The van der Waals surface area contributed by atoms with E-state index in [-0.39, 0.29) is 26.6 Å². The first kappa shape index (κ1) is 14.3. The van der Waals surface area contributed by atoms with Crippen LogP contribution in [0, 0.1) is 0 Å². The number of rotatable bonds is 2. The van der Waals surface area contributed by atoms with Gasteiger partial charge in [0, 0.05) is 0 Å². The van der Waals surface area contributed by atoms with Crippen LogP contribution in [0.4, 0.5) is 13.2 Å². The van der Waals surface area contributed by atoms with E-state index >= 15 is 0 Å². The number of hydrogen-bond donors (Lipinski definition) is 2. The van der Waals surface area contributed by atoms with E-state index in [1.165, 1.54) is 0 Å². The Morgan fingerprint density at radius 2 is 2.09 bits per heavy atom. The fourth-order valence-electron chi connectivity index (χ4n) is 1.68. The van der Waals surface area contributed by atoms with E-state index in [4.69, 9.17) is 5.11 Å². The molecule has 0 saturated heterocycles. The lowest BCUT2D eigenvalue weighted by Crippen LogP contribution is -2.08. The van der Waals surface area contributed by atoms with Gasteiger partial charge in [-0.05, 0) is 6.07 Å². The molecule has 11 heteroatoms. The van der Waals surface area contributed by atoms with Crippen LogP contribution >= 0.6 is 11.3 Å². The molecule has 2 N–H and O–H groups in total. The largest absolute Gasteiger partial charge is 0.477 e. The molecule has 0 atom stereocenters. The average molecular weight is 331 g/mol. The lowest BCUT2D eigenvalue weighted by molar-refractivity contribution is -0.157. The highest BCUT2D eigenvalue weighted by Gasteiger charge is 2.37. The van der Waals surface area contributed by atoms with Crippen LogP contribution in [-0.4, -0.2) is 26.0 Å². The van der Waals surface area contributed by atoms with E-state index in [0.717, 1.165) is 6.07 Å². The summed E-state index contributed by atoms with van der Waals surface area (Å²) in [6.07, 6.45) is -4.06. The predicted octanol–water partition coefficient (Wildman–Crippen LogP) is 2.36. The van der Waals surface area contributed by atoms with Crippen LogP contribution in [0.2, 0.25) is 0 Å². The fourth-order valence-corrected chi connectivity index (χ4v) is 2.51. The Bertz CT molecular complexity index is 940. The summed E-state index contributed by atoms with van der Waals surface area (Å²) in [6.45, 7) is 0. The summed E-state index contributed by atoms with van der Waals surface area (Å²) >= 11 is 0.716. The molecule has 0 aliphatic rings. The molecule has 0 radical (unpaired) electrons. The highest BCUT2D eigenvalue weighted by Crippen LogP contribution is 2.30. The Morgan fingerprint density at radius 3 is 2.68 bits per heavy atom. The second kappa shape index (κ2) is 4.66. The maximum atomic E-state index is 12.4. The van der Waals surface area contributed by atoms with Gasteiger partial charge in [-0.1, -0.05) is 0 Å². The van der Waals surface area contributed by atoms with Crippen LogP contribution in [0.15, 0.2) is 21.5 Å². The van der Waals surface area contributed by atoms with Crippen molar-refractivity contribution in [1.82, 2.24) is 15.0 Å². The molecule has 0 amide bonds. The summed E-state index contributed by atoms with van der Waals surface area (Å²) in [7, 11) is 0. The Morgan fingerprint density at radius 1 is 1.36 bits per heavy atom. The van der Waals surface area contributed by atoms with Crippen LogP contribution < -0.4 is 5.56 Å². The molecule has 0 spiro atoms. The molecule has 0 unspecified atom stereocenters.